The third kappa shape index (κ3) is 6.50. The third-order valence-electron chi connectivity index (χ3n) is 5.96. The summed E-state index contributed by atoms with van der Waals surface area (Å²) >= 11 is 0. The van der Waals surface area contributed by atoms with Gasteiger partial charge in [-0.05, 0) is 18.9 Å². The van der Waals surface area contributed by atoms with Crippen molar-refractivity contribution in [2.75, 3.05) is 56.5 Å². The fourth-order valence-corrected chi connectivity index (χ4v) is 4.02. The van der Waals surface area contributed by atoms with Gasteiger partial charge in [-0.1, -0.05) is 43.7 Å². The highest BCUT2D eigenvalue weighted by molar-refractivity contribution is 5.96. The van der Waals surface area contributed by atoms with Crippen molar-refractivity contribution < 1.29 is 14.3 Å². The number of H-pyrrole nitrogens is 1. The second-order valence-electron chi connectivity index (χ2n) is 8.43. The summed E-state index contributed by atoms with van der Waals surface area (Å²) in [7, 11) is 0. The molecular formula is C24H34N6O5. The predicted molar refractivity (Wildman–Crippen MR) is 134 cm³/mol. The summed E-state index contributed by atoms with van der Waals surface area (Å²) in [5, 5.41) is 0. The molecule has 35 heavy (non-hydrogen) atoms. The molecule has 190 valence electrons. The molecule has 0 spiro atoms. The number of hydrogen-bond donors (Lipinski definition) is 2. The number of aromatic nitrogens is 2. The first-order valence-electron chi connectivity index (χ1n) is 12.0. The van der Waals surface area contributed by atoms with Gasteiger partial charge in [0.25, 0.3) is 5.56 Å². The van der Waals surface area contributed by atoms with Gasteiger partial charge in [-0.3, -0.25) is 24.0 Å². The van der Waals surface area contributed by atoms with Crippen molar-refractivity contribution in [3.63, 3.8) is 0 Å². The second-order valence-corrected chi connectivity index (χ2v) is 8.43. The lowest BCUT2D eigenvalue weighted by Crippen LogP contribution is -2.52. The molecule has 0 unspecified atom stereocenters. The van der Waals surface area contributed by atoms with E-state index in [9.17, 15) is 19.2 Å². The Morgan fingerprint density at radius 2 is 1.77 bits per heavy atom. The Bertz CT molecular complexity index is 1120. The van der Waals surface area contributed by atoms with Gasteiger partial charge >= 0.3 is 11.8 Å². The minimum atomic E-state index is -0.687. The highest BCUT2D eigenvalue weighted by atomic mass is 16.6. The predicted octanol–water partition coefficient (Wildman–Crippen LogP) is 1.07. The van der Waals surface area contributed by atoms with E-state index in [-0.39, 0.29) is 36.6 Å². The fourth-order valence-electron chi connectivity index (χ4n) is 4.02. The van der Waals surface area contributed by atoms with Gasteiger partial charge in [0.1, 0.15) is 5.82 Å². The molecule has 1 fully saturated rings. The number of benzene rings is 1. The molecule has 0 radical (unpaired) electrons. The van der Waals surface area contributed by atoms with E-state index in [1.807, 2.05) is 42.2 Å². The molecule has 0 atom stereocenters. The number of carbonyl (C=O) groups is 2. The summed E-state index contributed by atoms with van der Waals surface area (Å²) < 4.78 is 6.32. The molecule has 11 nitrogen and oxygen atoms in total. The van der Waals surface area contributed by atoms with Crippen molar-refractivity contribution in [1.29, 1.82) is 0 Å². The summed E-state index contributed by atoms with van der Waals surface area (Å²) in [6.07, 6.45) is 1.12. The topological polar surface area (TPSA) is 134 Å². The molecule has 0 bridgehead atoms. The van der Waals surface area contributed by atoms with Crippen LogP contribution in [-0.2, 0) is 16.1 Å². The molecule has 1 aromatic carbocycles. The van der Waals surface area contributed by atoms with E-state index in [4.69, 9.17) is 10.5 Å². The van der Waals surface area contributed by atoms with Crippen LogP contribution in [-0.4, -0.2) is 77.2 Å². The highest BCUT2D eigenvalue weighted by Gasteiger charge is 2.28. The molecule has 1 aromatic heterocycles. The number of anilines is 2. The number of carbonyl (C=O) groups excluding carboxylic acids is 2. The van der Waals surface area contributed by atoms with E-state index in [2.05, 4.69) is 4.98 Å². The van der Waals surface area contributed by atoms with Crippen molar-refractivity contribution in [2.45, 2.75) is 33.2 Å². The number of aromatic amines is 1. The van der Waals surface area contributed by atoms with Gasteiger partial charge in [-0.15, -0.1) is 0 Å². The Labute approximate surface area is 204 Å². The zero-order valence-electron chi connectivity index (χ0n) is 20.4. The summed E-state index contributed by atoms with van der Waals surface area (Å²) in [6.45, 7) is 6.50. The van der Waals surface area contributed by atoms with Crippen LogP contribution in [0.1, 0.15) is 32.3 Å². The molecule has 2 amide bonds. The molecule has 1 aliphatic rings. The Balaban J connectivity index is 1.82. The van der Waals surface area contributed by atoms with Gasteiger partial charge in [-0.25, -0.2) is 9.59 Å². The number of nitrogens with two attached hydrogens (primary N) is 1. The van der Waals surface area contributed by atoms with Crippen LogP contribution in [0.2, 0.25) is 0 Å². The lowest BCUT2D eigenvalue weighted by molar-refractivity contribution is -0.120. The van der Waals surface area contributed by atoms with Crippen molar-refractivity contribution >= 4 is 23.5 Å². The van der Waals surface area contributed by atoms with Gasteiger partial charge in [0, 0.05) is 32.7 Å². The first-order valence-corrected chi connectivity index (χ1v) is 12.0. The number of nitrogens with one attached hydrogen (secondary N) is 1. The van der Waals surface area contributed by atoms with Crippen molar-refractivity contribution in [2.24, 2.45) is 0 Å². The molecule has 0 saturated carbocycles. The fraction of sp³-hybridized carbons (Fsp3) is 0.500. The maximum atomic E-state index is 13.4. The van der Waals surface area contributed by atoms with Crippen molar-refractivity contribution in [1.82, 2.24) is 19.4 Å². The minimum Gasteiger partial charge on any atom is -0.450 e. The Kier molecular flexibility index (Phi) is 9.07. The number of piperazine rings is 1. The molecule has 1 aliphatic heterocycles. The number of unbranched alkanes of at least 4 members (excludes halogenated alkanes) is 1. The first kappa shape index (κ1) is 26.0. The molecule has 11 heteroatoms. The van der Waals surface area contributed by atoms with Crippen LogP contribution < -0.4 is 21.9 Å². The summed E-state index contributed by atoms with van der Waals surface area (Å²) in [4.78, 5) is 57.9. The zero-order chi connectivity index (χ0) is 25.4. The van der Waals surface area contributed by atoms with E-state index in [0.29, 0.717) is 45.8 Å². The molecule has 3 rings (SSSR count). The monoisotopic (exact) mass is 486 g/mol. The van der Waals surface area contributed by atoms with Crippen LogP contribution in [0.15, 0.2) is 39.9 Å². The smallest absolute Gasteiger partial charge is 0.409 e. The lowest BCUT2D eigenvalue weighted by atomic mass is 10.2. The van der Waals surface area contributed by atoms with Crippen LogP contribution in [0.3, 0.4) is 0 Å². The average molecular weight is 487 g/mol. The Hall–Kier alpha value is -3.60. The molecule has 0 aliphatic carbocycles. The quantitative estimate of drug-likeness (QED) is 0.542. The van der Waals surface area contributed by atoms with Crippen LogP contribution >= 0.6 is 0 Å². The van der Waals surface area contributed by atoms with Crippen LogP contribution in [0.4, 0.5) is 16.3 Å². The van der Waals surface area contributed by atoms with Gasteiger partial charge < -0.3 is 20.3 Å². The summed E-state index contributed by atoms with van der Waals surface area (Å²) in [5.74, 6) is -0.329. The standard InChI is InChI=1S/C24H34N6O5/c1-3-5-11-29(19(31)17-27-12-14-28(15-13-27)24(34)35-4-2)20-21(25)30(23(33)26-22(20)32)16-18-9-7-6-8-10-18/h6-10H,3-5,11-17,25H2,1-2H3,(H,26,32,33). The van der Waals surface area contributed by atoms with E-state index in [1.165, 1.54) is 9.47 Å². The van der Waals surface area contributed by atoms with Crippen LogP contribution in [0.25, 0.3) is 0 Å². The number of amides is 2. The van der Waals surface area contributed by atoms with Gasteiger partial charge in [-0.2, -0.15) is 0 Å². The van der Waals surface area contributed by atoms with Crippen LogP contribution in [0, 0.1) is 0 Å². The Morgan fingerprint density at radius 1 is 1.09 bits per heavy atom. The number of ether oxygens (including phenoxy) is 1. The van der Waals surface area contributed by atoms with Crippen molar-refractivity contribution in [3.05, 3.63) is 56.7 Å². The summed E-state index contributed by atoms with van der Waals surface area (Å²) in [6, 6.07) is 9.27. The van der Waals surface area contributed by atoms with E-state index in [0.717, 1.165) is 12.0 Å². The van der Waals surface area contributed by atoms with Crippen molar-refractivity contribution in [3.8, 4) is 0 Å². The maximum Gasteiger partial charge on any atom is 0.409 e. The number of hydrogen-bond acceptors (Lipinski definition) is 7. The summed E-state index contributed by atoms with van der Waals surface area (Å²) in [5.41, 5.74) is 5.85. The minimum absolute atomic E-state index is 0.0101. The van der Waals surface area contributed by atoms with E-state index in [1.54, 1.807) is 11.8 Å². The SMILES string of the molecule is CCCCN(C(=O)CN1CCN(C(=O)OCC)CC1)c1c(N)n(Cc2ccccc2)c(=O)[nH]c1=O. The molecular weight excluding hydrogens is 452 g/mol. The van der Waals surface area contributed by atoms with Gasteiger partial charge in [0.15, 0.2) is 5.69 Å². The number of rotatable bonds is 9. The van der Waals surface area contributed by atoms with Crippen LogP contribution in [0.5, 0.6) is 0 Å². The molecule has 2 heterocycles. The zero-order valence-corrected chi connectivity index (χ0v) is 20.4. The number of nitrogen functional groups attached to an aromatic ring is 1. The highest BCUT2D eigenvalue weighted by Crippen LogP contribution is 2.19. The largest absolute Gasteiger partial charge is 0.450 e. The van der Waals surface area contributed by atoms with Gasteiger partial charge in [0.2, 0.25) is 5.91 Å². The normalized spacial score (nSPS) is 14.1. The first-order chi connectivity index (χ1) is 16.8. The molecule has 2 aromatic rings. The number of nitrogens with zero attached hydrogens (tertiary/aromatic N) is 4. The van der Waals surface area contributed by atoms with Gasteiger partial charge in [0.05, 0.1) is 19.7 Å². The van der Waals surface area contributed by atoms with E-state index >= 15 is 0 Å². The molecule has 1 saturated heterocycles. The maximum absolute atomic E-state index is 13.4. The average Bonchev–Trinajstić information content (AvgIpc) is 2.85. The third-order valence-corrected chi connectivity index (χ3v) is 5.96. The lowest BCUT2D eigenvalue weighted by Gasteiger charge is -2.34. The molecule has 3 N–H and O–H groups in total. The second kappa shape index (κ2) is 12.2. The van der Waals surface area contributed by atoms with E-state index < -0.39 is 11.2 Å². The Morgan fingerprint density at radius 3 is 2.40 bits per heavy atom.